The van der Waals surface area contributed by atoms with Gasteiger partial charge in [0.2, 0.25) is 0 Å². The molecule has 0 fully saturated rings. The third-order valence-corrected chi connectivity index (χ3v) is 3.97. The zero-order chi connectivity index (χ0) is 14.5. The summed E-state index contributed by atoms with van der Waals surface area (Å²) >= 11 is 3.53. The maximum atomic E-state index is 5.90. The van der Waals surface area contributed by atoms with Crippen LogP contribution in [-0.4, -0.2) is 7.05 Å². The van der Waals surface area contributed by atoms with E-state index in [1.807, 2.05) is 31.3 Å². The average Bonchev–Trinajstić information content (AvgIpc) is 2.45. The van der Waals surface area contributed by atoms with Crippen LogP contribution < -0.4 is 10.1 Å². The minimum absolute atomic E-state index is 0.398. The lowest BCUT2D eigenvalue weighted by Gasteiger charge is -2.15. The van der Waals surface area contributed by atoms with Crippen LogP contribution in [0, 0.1) is 6.92 Å². The molecule has 2 aromatic carbocycles. The quantitative estimate of drug-likeness (QED) is 0.809. The molecule has 0 aliphatic rings. The predicted molar refractivity (Wildman–Crippen MR) is 87.5 cm³/mol. The van der Waals surface area contributed by atoms with Crippen LogP contribution in [-0.2, 0) is 0 Å². The van der Waals surface area contributed by atoms with Gasteiger partial charge in [-0.3, -0.25) is 0 Å². The fourth-order valence-electron chi connectivity index (χ4n) is 2.19. The van der Waals surface area contributed by atoms with Gasteiger partial charge in [0.15, 0.2) is 0 Å². The van der Waals surface area contributed by atoms with Gasteiger partial charge < -0.3 is 10.1 Å². The maximum Gasteiger partial charge on any atom is 0.141 e. The molecule has 0 aromatic heterocycles. The van der Waals surface area contributed by atoms with Gasteiger partial charge in [-0.25, -0.2) is 0 Å². The second-order valence-electron chi connectivity index (χ2n) is 4.85. The van der Waals surface area contributed by atoms with Gasteiger partial charge >= 0.3 is 0 Å². The molecule has 1 N–H and O–H groups in total. The summed E-state index contributed by atoms with van der Waals surface area (Å²) in [5.74, 6) is 1.69. The third-order valence-electron chi connectivity index (χ3n) is 3.35. The van der Waals surface area contributed by atoms with Gasteiger partial charge in [0, 0.05) is 6.04 Å². The molecule has 0 radical (unpaired) electrons. The molecule has 0 aliphatic carbocycles. The Labute approximate surface area is 129 Å². The van der Waals surface area contributed by atoms with Crippen molar-refractivity contribution in [1.29, 1.82) is 0 Å². The molecule has 0 bridgehead atoms. The van der Waals surface area contributed by atoms with Gasteiger partial charge in [-0.1, -0.05) is 25.1 Å². The van der Waals surface area contributed by atoms with Crippen LogP contribution in [0.2, 0.25) is 0 Å². The highest BCUT2D eigenvalue weighted by molar-refractivity contribution is 9.10. The van der Waals surface area contributed by atoms with Crippen molar-refractivity contribution in [3.63, 3.8) is 0 Å². The van der Waals surface area contributed by atoms with Crippen molar-refractivity contribution in [2.24, 2.45) is 0 Å². The van der Waals surface area contributed by atoms with E-state index in [0.29, 0.717) is 6.04 Å². The molecule has 2 nitrogen and oxygen atoms in total. The van der Waals surface area contributed by atoms with E-state index in [-0.39, 0.29) is 0 Å². The Hall–Kier alpha value is -1.32. The molecule has 0 amide bonds. The van der Waals surface area contributed by atoms with E-state index in [0.717, 1.165) is 22.4 Å². The van der Waals surface area contributed by atoms with Crippen molar-refractivity contribution in [3.8, 4) is 11.5 Å². The van der Waals surface area contributed by atoms with Gasteiger partial charge in [-0.15, -0.1) is 0 Å². The molecule has 1 atom stereocenters. The molecule has 2 rings (SSSR count). The van der Waals surface area contributed by atoms with E-state index < -0.39 is 0 Å². The lowest BCUT2D eigenvalue weighted by molar-refractivity contribution is 0.478. The summed E-state index contributed by atoms with van der Waals surface area (Å²) in [5, 5.41) is 3.30. The Morgan fingerprint density at radius 2 is 1.85 bits per heavy atom. The molecule has 20 heavy (non-hydrogen) atoms. The number of rotatable bonds is 5. The summed E-state index contributed by atoms with van der Waals surface area (Å²) in [6, 6.07) is 14.7. The second-order valence-corrected chi connectivity index (χ2v) is 5.71. The van der Waals surface area contributed by atoms with Crippen LogP contribution >= 0.6 is 15.9 Å². The van der Waals surface area contributed by atoms with Gasteiger partial charge in [-0.2, -0.15) is 0 Å². The number of halogens is 1. The highest BCUT2D eigenvalue weighted by atomic mass is 79.9. The number of hydrogen-bond acceptors (Lipinski definition) is 2. The van der Waals surface area contributed by atoms with E-state index in [4.69, 9.17) is 4.74 Å². The van der Waals surface area contributed by atoms with Gasteiger partial charge in [-0.05, 0) is 71.7 Å². The minimum Gasteiger partial charge on any atom is -0.456 e. The Bertz CT molecular complexity index is 562. The van der Waals surface area contributed by atoms with E-state index in [2.05, 4.69) is 53.3 Å². The van der Waals surface area contributed by atoms with Crippen LogP contribution in [0.3, 0.4) is 0 Å². The highest BCUT2D eigenvalue weighted by Crippen LogP contribution is 2.31. The number of nitrogens with one attached hydrogen (secondary N) is 1. The van der Waals surface area contributed by atoms with Gasteiger partial charge in [0.25, 0.3) is 0 Å². The summed E-state index contributed by atoms with van der Waals surface area (Å²) in [5.41, 5.74) is 2.49. The molecule has 0 saturated heterocycles. The zero-order valence-electron chi connectivity index (χ0n) is 12.1. The lowest BCUT2D eigenvalue weighted by Crippen LogP contribution is -2.14. The molecule has 0 spiro atoms. The molecular weight excluding hydrogens is 314 g/mol. The Balaban J connectivity index is 2.14. The standard InChI is InChI=1S/C17H20BrNO/c1-4-16(19-3)13-6-8-14(9-7-13)20-17-10-5-12(2)11-15(17)18/h5-11,16,19H,4H2,1-3H3. The molecule has 2 aromatic rings. The smallest absolute Gasteiger partial charge is 0.141 e. The molecule has 0 aliphatic heterocycles. The third kappa shape index (κ3) is 3.62. The van der Waals surface area contributed by atoms with Crippen LogP contribution in [0.1, 0.15) is 30.5 Å². The normalized spacial score (nSPS) is 12.2. The monoisotopic (exact) mass is 333 g/mol. The van der Waals surface area contributed by atoms with Crippen molar-refractivity contribution in [3.05, 3.63) is 58.1 Å². The molecular formula is C17H20BrNO. The van der Waals surface area contributed by atoms with Crippen molar-refractivity contribution >= 4 is 15.9 Å². The first kappa shape index (κ1) is 15.1. The summed E-state index contributed by atoms with van der Waals surface area (Å²) in [6.07, 6.45) is 1.07. The fourth-order valence-corrected chi connectivity index (χ4v) is 2.76. The first-order valence-corrected chi connectivity index (χ1v) is 7.64. The SMILES string of the molecule is CCC(NC)c1ccc(Oc2ccc(C)cc2Br)cc1. The summed E-state index contributed by atoms with van der Waals surface area (Å²) < 4.78 is 6.87. The number of aryl methyl sites for hydroxylation is 1. The van der Waals surface area contributed by atoms with E-state index in [1.54, 1.807) is 0 Å². The van der Waals surface area contributed by atoms with Crippen molar-refractivity contribution in [1.82, 2.24) is 5.32 Å². The van der Waals surface area contributed by atoms with Crippen LogP contribution in [0.4, 0.5) is 0 Å². The largest absolute Gasteiger partial charge is 0.456 e. The van der Waals surface area contributed by atoms with Crippen molar-refractivity contribution < 1.29 is 4.74 Å². The minimum atomic E-state index is 0.398. The number of benzene rings is 2. The van der Waals surface area contributed by atoms with E-state index in [9.17, 15) is 0 Å². The molecule has 0 heterocycles. The van der Waals surface area contributed by atoms with E-state index >= 15 is 0 Å². The summed E-state index contributed by atoms with van der Waals surface area (Å²) in [4.78, 5) is 0. The maximum absolute atomic E-state index is 5.90. The fraction of sp³-hybridized carbons (Fsp3) is 0.294. The van der Waals surface area contributed by atoms with E-state index in [1.165, 1.54) is 11.1 Å². The topological polar surface area (TPSA) is 21.3 Å². The Morgan fingerprint density at radius 3 is 2.40 bits per heavy atom. The Kier molecular flexibility index (Phi) is 5.21. The molecule has 0 saturated carbocycles. The second kappa shape index (κ2) is 6.91. The molecule has 1 unspecified atom stereocenters. The summed E-state index contributed by atoms with van der Waals surface area (Å²) in [6.45, 7) is 4.24. The zero-order valence-corrected chi connectivity index (χ0v) is 13.7. The predicted octanol–water partition coefficient (Wildman–Crippen LogP) is 5.22. The van der Waals surface area contributed by atoms with Gasteiger partial charge in [0.1, 0.15) is 11.5 Å². The van der Waals surface area contributed by atoms with Gasteiger partial charge in [0.05, 0.1) is 4.47 Å². The Morgan fingerprint density at radius 1 is 1.15 bits per heavy atom. The van der Waals surface area contributed by atoms with Crippen LogP contribution in [0.25, 0.3) is 0 Å². The first-order valence-electron chi connectivity index (χ1n) is 6.85. The first-order chi connectivity index (χ1) is 9.63. The average molecular weight is 334 g/mol. The van der Waals surface area contributed by atoms with Crippen LogP contribution in [0.15, 0.2) is 46.9 Å². The summed E-state index contributed by atoms with van der Waals surface area (Å²) in [7, 11) is 1.99. The molecule has 106 valence electrons. The number of ether oxygens (including phenoxy) is 1. The van der Waals surface area contributed by atoms with Crippen molar-refractivity contribution in [2.75, 3.05) is 7.05 Å². The lowest BCUT2D eigenvalue weighted by atomic mass is 10.0. The molecule has 3 heteroatoms. The van der Waals surface area contributed by atoms with Crippen molar-refractivity contribution in [2.45, 2.75) is 26.3 Å². The highest BCUT2D eigenvalue weighted by Gasteiger charge is 2.07. The van der Waals surface area contributed by atoms with Crippen LogP contribution in [0.5, 0.6) is 11.5 Å². The number of hydrogen-bond donors (Lipinski definition) is 1.